The molecule has 2 aromatic heterocycles. The van der Waals surface area contributed by atoms with Crippen LogP contribution in [0.3, 0.4) is 0 Å². The van der Waals surface area contributed by atoms with Gasteiger partial charge in [0.15, 0.2) is 11.5 Å². The minimum absolute atomic E-state index is 0.124. The molecule has 1 atom stereocenters. The Morgan fingerprint density at radius 3 is 2.76 bits per heavy atom. The number of urea groups is 1. The van der Waals surface area contributed by atoms with Gasteiger partial charge in [-0.3, -0.25) is 15.3 Å². The molecule has 0 saturated carbocycles. The lowest BCUT2D eigenvalue weighted by molar-refractivity contribution is -0.122. The zero-order chi connectivity index (χ0) is 15.6. The van der Waals surface area contributed by atoms with Gasteiger partial charge in [0.05, 0.1) is 12.4 Å². The van der Waals surface area contributed by atoms with Crippen LogP contribution < -0.4 is 16.1 Å². The summed E-state index contributed by atoms with van der Waals surface area (Å²) in [6.07, 6.45) is 2.48. The zero-order valence-corrected chi connectivity index (χ0v) is 11.4. The predicted octanol–water partition coefficient (Wildman–Crippen LogP) is -0.232. The molecule has 0 aromatic carbocycles. The quantitative estimate of drug-likeness (QED) is 0.450. The number of rotatable bonds is 3. The Labute approximate surface area is 119 Å². The number of imidazole rings is 1. The van der Waals surface area contributed by atoms with E-state index in [0.29, 0.717) is 0 Å². The number of nitrogens with two attached hydrogens (primary N) is 1. The van der Waals surface area contributed by atoms with Gasteiger partial charge in [0.2, 0.25) is 5.91 Å². The molecule has 0 saturated heterocycles. The van der Waals surface area contributed by atoms with E-state index in [1.54, 1.807) is 13.8 Å². The summed E-state index contributed by atoms with van der Waals surface area (Å²) in [5, 5.41) is 12.1. The second-order valence-electron chi connectivity index (χ2n) is 4.67. The van der Waals surface area contributed by atoms with Crippen LogP contribution in [0.25, 0.3) is 11.2 Å². The van der Waals surface area contributed by atoms with Crippen molar-refractivity contribution in [3.8, 4) is 0 Å². The molecule has 0 spiro atoms. The van der Waals surface area contributed by atoms with E-state index < -0.39 is 18.0 Å². The molecule has 3 amide bonds. The fourth-order valence-electron chi connectivity index (χ4n) is 1.55. The second-order valence-corrected chi connectivity index (χ2v) is 4.67. The van der Waals surface area contributed by atoms with Crippen molar-refractivity contribution in [1.29, 1.82) is 0 Å². The molecule has 21 heavy (non-hydrogen) atoms. The summed E-state index contributed by atoms with van der Waals surface area (Å²) in [6, 6.07) is -1.93. The van der Waals surface area contributed by atoms with E-state index in [9.17, 15) is 14.8 Å². The minimum atomic E-state index is -1.06. The summed E-state index contributed by atoms with van der Waals surface area (Å²) >= 11 is 0. The molecular weight excluding hydrogens is 278 g/mol. The third-order valence-electron chi connectivity index (χ3n) is 2.85. The summed E-state index contributed by atoms with van der Waals surface area (Å²) in [7, 11) is 0. The van der Waals surface area contributed by atoms with Crippen molar-refractivity contribution in [3.05, 3.63) is 12.7 Å². The number of carbonyl (C=O) groups excluding carboxylic acids is 2. The van der Waals surface area contributed by atoms with Gasteiger partial charge >= 0.3 is 6.03 Å². The standard InChI is InChI=1S/C11H15N7O3/c1-5(2)6(12)10(19)17-11(20)18(21)9-7-8(14-3-13-7)15-4-16-9/h3-6,21H,12H2,1-2H3,(H,17,19,20)(H,13,14,15,16). The third-order valence-corrected chi connectivity index (χ3v) is 2.85. The summed E-state index contributed by atoms with van der Waals surface area (Å²) in [5.74, 6) is -0.965. The Bertz CT molecular complexity index is 669. The van der Waals surface area contributed by atoms with Crippen LogP contribution in [0.1, 0.15) is 13.8 Å². The lowest BCUT2D eigenvalue weighted by Gasteiger charge is -2.18. The van der Waals surface area contributed by atoms with Crippen molar-refractivity contribution >= 4 is 28.9 Å². The Morgan fingerprint density at radius 1 is 1.38 bits per heavy atom. The molecule has 112 valence electrons. The van der Waals surface area contributed by atoms with Crippen molar-refractivity contribution in [2.75, 3.05) is 5.06 Å². The predicted molar refractivity (Wildman–Crippen MR) is 72.3 cm³/mol. The Morgan fingerprint density at radius 2 is 2.10 bits per heavy atom. The van der Waals surface area contributed by atoms with Crippen LogP contribution in [-0.2, 0) is 4.79 Å². The van der Waals surface area contributed by atoms with Crippen molar-refractivity contribution in [2.24, 2.45) is 11.7 Å². The van der Waals surface area contributed by atoms with Gasteiger partial charge in [0.1, 0.15) is 11.8 Å². The van der Waals surface area contributed by atoms with Crippen molar-refractivity contribution in [3.63, 3.8) is 0 Å². The van der Waals surface area contributed by atoms with Gasteiger partial charge in [-0.25, -0.2) is 19.7 Å². The monoisotopic (exact) mass is 293 g/mol. The van der Waals surface area contributed by atoms with Gasteiger partial charge in [-0.1, -0.05) is 13.8 Å². The number of H-pyrrole nitrogens is 1. The summed E-state index contributed by atoms with van der Waals surface area (Å²) in [5.41, 5.74) is 6.15. The third kappa shape index (κ3) is 2.95. The van der Waals surface area contributed by atoms with E-state index in [-0.39, 0.29) is 28.0 Å². The number of hydroxylamine groups is 1. The highest BCUT2D eigenvalue weighted by Gasteiger charge is 2.24. The Kier molecular flexibility index (Phi) is 4.10. The van der Waals surface area contributed by atoms with Crippen molar-refractivity contribution < 1.29 is 14.8 Å². The molecule has 5 N–H and O–H groups in total. The van der Waals surface area contributed by atoms with Crippen LogP contribution >= 0.6 is 0 Å². The first kappa shape index (κ1) is 14.8. The molecule has 2 heterocycles. The topological polar surface area (TPSA) is 150 Å². The number of aromatic amines is 1. The van der Waals surface area contributed by atoms with Crippen LogP contribution in [0.15, 0.2) is 12.7 Å². The maximum atomic E-state index is 11.8. The summed E-state index contributed by atoms with van der Waals surface area (Å²) < 4.78 is 0. The van der Waals surface area contributed by atoms with Crippen molar-refractivity contribution in [2.45, 2.75) is 19.9 Å². The molecule has 0 fully saturated rings. The minimum Gasteiger partial charge on any atom is -0.340 e. The van der Waals surface area contributed by atoms with E-state index in [2.05, 4.69) is 19.9 Å². The molecule has 10 heteroatoms. The highest BCUT2D eigenvalue weighted by molar-refractivity contribution is 6.04. The van der Waals surface area contributed by atoms with Gasteiger partial charge in [0, 0.05) is 0 Å². The molecule has 0 aliphatic heterocycles. The number of anilines is 1. The van der Waals surface area contributed by atoms with Crippen molar-refractivity contribution in [1.82, 2.24) is 25.3 Å². The molecule has 2 aromatic rings. The average molecular weight is 293 g/mol. The highest BCUT2D eigenvalue weighted by Crippen LogP contribution is 2.17. The molecule has 0 aliphatic carbocycles. The maximum absolute atomic E-state index is 11.8. The van der Waals surface area contributed by atoms with Gasteiger partial charge in [-0.2, -0.15) is 5.06 Å². The van der Waals surface area contributed by atoms with Crippen LogP contribution in [0.5, 0.6) is 0 Å². The van der Waals surface area contributed by atoms with Gasteiger partial charge in [0.25, 0.3) is 0 Å². The first-order valence-electron chi connectivity index (χ1n) is 6.15. The SMILES string of the molecule is CC(C)C(N)C(=O)NC(=O)N(O)c1ncnc2nc[nH]c12. The Balaban J connectivity index is 2.16. The van der Waals surface area contributed by atoms with E-state index in [1.165, 1.54) is 6.33 Å². The molecule has 1 unspecified atom stereocenters. The van der Waals surface area contributed by atoms with E-state index in [1.807, 2.05) is 5.32 Å². The number of amides is 3. The maximum Gasteiger partial charge on any atom is 0.354 e. The molecule has 2 rings (SSSR count). The second kappa shape index (κ2) is 5.81. The average Bonchev–Trinajstić information content (AvgIpc) is 2.93. The molecule has 10 nitrogen and oxygen atoms in total. The first-order valence-corrected chi connectivity index (χ1v) is 6.15. The van der Waals surface area contributed by atoms with Crippen LogP contribution in [0.4, 0.5) is 10.6 Å². The number of hydrogen-bond acceptors (Lipinski definition) is 7. The summed E-state index contributed by atoms with van der Waals surface area (Å²) in [4.78, 5) is 37.7. The van der Waals surface area contributed by atoms with Gasteiger partial charge in [-0.05, 0) is 5.92 Å². The molecule has 0 radical (unpaired) electrons. The number of fused-ring (bicyclic) bond motifs is 1. The number of imide groups is 1. The van der Waals surface area contributed by atoms with Gasteiger partial charge < -0.3 is 10.7 Å². The number of nitrogens with zero attached hydrogens (tertiary/aromatic N) is 4. The van der Waals surface area contributed by atoms with Crippen LogP contribution in [0.2, 0.25) is 0 Å². The van der Waals surface area contributed by atoms with E-state index in [0.717, 1.165) is 6.33 Å². The normalized spacial score (nSPS) is 12.4. The molecular formula is C11H15N7O3. The van der Waals surface area contributed by atoms with Gasteiger partial charge in [-0.15, -0.1) is 0 Å². The van der Waals surface area contributed by atoms with Crippen LogP contribution in [0, 0.1) is 5.92 Å². The first-order chi connectivity index (χ1) is 9.91. The number of carbonyl (C=O) groups is 2. The fraction of sp³-hybridized carbons (Fsp3) is 0.364. The molecule has 0 bridgehead atoms. The lowest BCUT2D eigenvalue weighted by atomic mass is 10.1. The Hall–Kier alpha value is -2.59. The molecule has 0 aliphatic rings. The zero-order valence-electron chi connectivity index (χ0n) is 11.4. The fourth-order valence-corrected chi connectivity index (χ4v) is 1.55. The largest absolute Gasteiger partial charge is 0.354 e. The number of aromatic nitrogens is 4. The smallest absolute Gasteiger partial charge is 0.340 e. The van der Waals surface area contributed by atoms with E-state index >= 15 is 0 Å². The number of hydrogen-bond donors (Lipinski definition) is 4. The van der Waals surface area contributed by atoms with E-state index in [4.69, 9.17) is 5.73 Å². The highest BCUT2D eigenvalue weighted by atomic mass is 16.5. The lowest BCUT2D eigenvalue weighted by Crippen LogP contribution is -2.50. The number of nitrogens with one attached hydrogen (secondary N) is 2. The van der Waals surface area contributed by atoms with Crippen LogP contribution in [-0.4, -0.2) is 43.1 Å². The summed E-state index contributed by atoms with van der Waals surface area (Å²) in [6.45, 7) is 3.48.